The van der Waals surface area contributed by atoms with Crippen molar-refractivity contribution in [3.8, 4) is 0 Å². The van der Waals surface area contributed by atoms with E-state index in [-0.39, 0.29) is 5.54 Å². The van der Waals surface area contributed by atoms with Crippen LogP contribution in [0, 0.1) is 5.92 Å². The maximum Gasteiger partial charge on any atom is 0.305 e. The second kappa shape index (κ2) is 6.23. The van der Waals surface area contributed by atoms with Crippen molar-refractivity contribution >= 4 is 5.97 Å². The molecule has 0 radical (unpaired) electrons. The van der Waals surface area contributed by atoms with E-state index in [0.29, 0.717) is 12.3 Å². The summed E-state index contributed by atoms with van der Waals surface area (Å²) in [5.74, 6) is 0.0583. The second-order valence-electron chi connectivity index (χ2n) is 6.68. The largest absolute Gasteiger partial charge is 0.481 e. The van der Waals surface area contributed by atoms with Crippen LogP contribution in [0.1, 0.15) is 46.0 Å². The first kappa shape index (κ1) is 14.8. The molecule has 2 rings (SSSR count). The summed E-state index contributed by atoms with van der Waals surface area (Å²) in [6, 6.07) is 0. The molecule has 4 heteroatoms. The minimum absolute atomic E-state index is 0.0597. The molecule has 0 aromatic heterocycles. The standard InChI is InChI=1S/C15H28N2O2/c1-13(2)12-16-9-5-15(6-10-16,11-14(18)19)17-7-3-4-8-17/h13H,3-12H2,1-2H3,(H,18,19). The van der Waals surface area contributed by atoms with Crippen LogP contribution in [0.25, 0.3) is 0 Å². The van der Waals surface area contributed by atoms with Crippen LogP contribution in [-0.2, 0) is 4.79 Å². The molecule has 2 aliphatic heterocycles. The number of likely N-dealkylation sites (tertiary alicyclic amines) is 2. The molecule has 0 amide bonds. The van der Waals surface area contributed by atoms with E-state index in [1.807, 2.05) is 0 Å². The van der Waals surface area contributed by atoms with Gasteiger partial charge in [-0.2, -0.15) is 0 Å². The Bertz CT molecular complexity index is 303. The molecule has 0 aromatic carbocycles. The first-order valence-corrected chi connectivity index (χ1v) is 7.71. The molecule has 110 valence electrons. The summed E-state index contributed by atoms with van der Waals surface area (Å²) in [4.78, 5) is 16.2. The van der Waals surface area contributed by atoms with Gasteiger partial charge in [-0.1, -0.05) is 13.8 Å². The number of carboxylic acid groups (broad SMARTS) is 1. The van der Waals surface area contributed by atoms with Crippen molar-refractivity contribution in [2.45, 2.75) is 51.5 Å². The molecule has 0 unspecified atom stereocenters. The molecular formula is C15H28N2O2. The van der Waals surface area contributed by atoms with Crippen molar-refractivity contribution in [3.63, 3.8) is 0 Å². The maximum atomic E-state index is 11.2. The number of carbonyl (C=O) groups is 1. The molecule has 2 fully saturated rings. The molecule has 4 nitrogen and oxygen atoms in total. The van der Waals surface area contributed by atoms with Crippen LogP contribution in [0.4, 0.5) is 0 Å². The van der Waals surface area contributed by atoms with Crippen molar-refractivity contribution in [2.24, 2.45) is 5.92 Å². The van der Waals surface area contributed by atoms with E-state index in [1.54, 1.807) is 0 Å². The summed E-state index contributed by atoms with van der Waals surface area (Å²) in [5.41, 5.74) is -0.0597. The Morgan fingerprint density at radius 3 is 2.21 bits per heavy atom. The fourth-order valence-corrected chi connectivity index (χ4v) is 3.75. The van der Waals surface area contributed by atoms with Crippen LogP contribution in [0.15, 0.2) is 0 Å². The van der Waals surface area contributed by atoms with E-state index < -0.39 is 5.97 Å². The molecule has 0 saturated carbocycles. The summed E-state index contributed by atoms with van der Waals surface area (Å²) in [6.45, 7) is 9.95. The van der Waals surface area contributed by atoms with Gasteiger partial charge in [0.05, 0.1) is 6.42 Å². The van der Waals surface area contributed by atoms with E-state index in [1.165, 1.54) is 12.8 Å². The Kier molecular flexibility index (Phi) is 4.85. The number of aliphatic carboxylic acids is 1. The number of rotatable bonds is 5. The SMILES string of the molecule is CC(C)CN1CCC(CC(=O)O)(N2CCCC2)CC1. The Hall–Kier alpha value is -0.610. The highest BCUT2D eigenvalue weighted by atomic mass is 16.4. The smallest absolute Gasteiger partial charge is 0.305 e. The lowest BCUT2D eigenvalue weighted by Gasteiger charge is -2.47. The molecule has 0 aliphatic carbocycles. The first-order chi connectivity index (χ1) is 9.02. The van der Waals surface area contributed by atoms with Gasteiger partial charge in [0, 0.05) is 12.1 Å². The van der Waals surface area contributed by atoms with Crippen molar-refractivity contribution in [3.05, 3.63) is 0 Å². The van der Waals surface area contributed by atoms with Crippen LogP contribution < -0.4 is 0 Å². The molecule has 2 heterocycles. The highest BCUT2D eigenvalue weighted by Gasteiger charge is 2.42. The van der Waals surface area contributed by atoms with E-state index in [0.717, 1.165) is 45.6 Å². The summed E-state index contributed by atoms with van der Waals surface area (Å²) in [5, 5.41) is 9.26. The van der Waals surface area contributed by atoms with Crippen LogP contribution in [-0.4, -0.2) is 59.1 Å². The summed E-state index contributed by atoms with van der Waals surface area (Å²) >= 11 is 0. The van der Waals surface area contributed by atoms with E-state index in [4.69, 9.17) is 0 Å². The summed E-state index contributed by atoms with van der Waals surface area (Å²) in [6.07, 6.45) is 4.83. The average molecular weight is 268 g/mol. The van der Waals surface area contributed by atoms with Gasteiger partial charge in [0.25, 0.3) is 0 Å². The van der Waals surface area contributed by atoms with Crippen LogP contribution in [0.2, 0.25) is 0 Å². The van der Waals surface area contributed by atoms with Gasteiger partial charge in [0.2, 0.25) is 0 Å². The molecule has 0 aromatic rings. The van der Waals surface area contributed by atoms with E-state index >= 15 is 0 Å². The third-order valence-corrected chi connectivity index (χ3v) is 4.67. The Morgan fingerprint density at radius 2 is 1.74 bits per heavy atom. The Labute approximate surface area is 116 Å². The van der Waals surface area contributed by atoms with E-state index in [9.17, 15) is 9.90 Å². The Balaban J connectivity index is 1.98. The van der Waals surface area contributed by atoms with Gasteiger partial charge < -0.3 is 10.0 Å². The summed E-state index contributed by atoms with van der Waals surface area (Å²) in [7, 11) is 0. The molecule has 0 atom stereocenters. The minimum atomic E-state index is -0.635. The zero-order valence-electron chi connectivity index (χ0n) is 12.4. The molecule has 0 bridgehead atoms. The molecule has 2 saturated heterocycles. The van der Waals surface area contributed by atoms with Crippen LogP contribution in [0.5, 0.6) is 0 Å². The van der Waals surface area contributed by atoms with Gasteiger partial charge >= 0.3 is 5.97 Å². The lowest BCUT2D eigenvalue weighted by Crippen LogP contribution is -2.55. The topological polar surface area (TPSA) is 43.8 Å². The highest BCUT2D eigenvalue weighted by molar-refractivity contribution is 5.68. The second-order valence-corrected chi connectivity index (χ2v) is 6.68. The predicted molar refractivity (Wildman–Crippen MR) is 76.3 cm³/mol. The molecular weight excluding hydrogens is 240 g/mol. The number of carboxylic acids is 1. The molecule has 2 aliphatic rings. The number of nitrogens with zero attached hydrogens (tertiary/aromatic N) is 2. The quantitative estimate of drug-likeness (QED) is 0.829. The van der Waals surface area contributed by atoms with Crippen molar-refractivity contribution in [1.29, 1.82) is 0 Å². The van der Waals surface area contributed by atoms with Gasteiger partial charge in [-0.3, -0.25) is 9.69 Å². The normalized spacial score (nSPS) is 25.0. The fourth-order valence-electron chi connectivity index (χ4n) is 3.75. The molecule has 1 N–H and O–H groups in total. The lowest BCUT2D eigenvalue weighted by atomic mass is 9.82. The predicted octanol–water partition coefficient (Wildman–Crippen LogP) is 2.05. The van der Waals surface area contributed by atoms with Crippen LogP contribution in [0.3, 0.4) is 0 Å². The number of hydrogen-bond acceptors (Lipinski definition) is 3. The minimum Gasteiger partial charge on any atom is -0.481 e. The first-order valence-electron chi connectivity index (χ1n) is 7.71. The monoisotopic (exact) mass is 268 g/mol. The zero-order valence-corrected chi connectivity index (χ0v) is 12.4. The summed E-state index contributed by atoms with van der Waals surface area (Å²) < 4.78 is 0. The maximum absolute atomic E-state index is 11.2. The fraction of sp³-hybridized carbons (Fsp3) is 0.933. The highest BCUT2D eigenvalue weighted by Crippen LogP contribution is 2.35. The molecule has 0 spiro atoms. The van der Waals surface area contributed by atoms with Gasteiger partial charge in [0.15, 0.2) is 0 Å². The zero-order chi connectivity index (χ0) is 13.9. The van der Waals surface area contributed by atoms with Crippen molar-refractivity contribution in [1.82, 2.24) is 9.80 Å². The average Bonchev–Trinajstić information content (AvgIpc) is 2.84. The van der Waals surface area contributed by atoms with Crippen molar-refractivity contribution < 1.29 is 9.90 Å². The molecule has 19 heavy (non-hydrogen) atoms. The van der Waals surface area contributed by atoms with Gasteiger partial charge in [-0.15, -0.1) is 0 Å². The number of hydrogen-bond donors (Lipinski definition) is 1. The van der Waals surface area contributed by atoms with Crippen molar-refractivity contribution in [2.75, 3.05) is 32.7 Å². The third-order valence-electron chi connectivity index (χ3n) is 4.67. The van der Waals surface area contributed by atoms with Crippen LogP contribution >= 0.6 is 0 Å². The number of piperidine rings is 1. The Morgan fingerprint density at radius 1 is 1.16 bits per heavy atom. The van der Waals surface area contributed by atoms with Gasteiger partial charge in [-0.05, 0) is 57.8 Å². The van der Waals surface area contributed by atoms with Gasteiger partial charge in [0.1, 0.15) is 0 Å². The lowest BCUT2D eigenvalue weighted by molar-refractivity contribution is -0.141. The van der Waals surface area contributed by atoms with Gasteiger partial charge in [-0.25, -0.2) is 0 Å². The third kappa shape index (κ3) is 3.69. The van der Waals surface area contributed by atoms with E-state index in [2.05, 4.69) is 23.6 Å².